The van der Waals surface area contributed by atoms with Crippen LogP contribution in [0.3, 0.4) is 0 Å². The zero-order valence-corrected chi connectivity index (χ0v) is 13.8. The summed E-state index contributed by atoms with van der Waals surface area (Å²) in [6.45, 7) is 8.59. The number of aromatic nitrogens is 1. The number of hydrogen-bond donors (Lipinski definition) is 0. The predicted molar refractivity (Wildman–Crippen MR) is 89.8 cm³/mol. The maximum atomic E-state index is 10.7. The van der Waals surface area contributed by atoms with Crippen LogP contribution in [-0.4, -0.2) is 15.7 Å². The van der Waals surface area contributed by atoms with E-state index in [1.165, 1.54) is 17.8 Å². The van der Waals surface area contributed by atoms with E-state index >= 15 is 0 Å². The molecule has 0 radical (unpaired) electrons. The molecule has 0 bridgehead atoms. The lowest BCUT2D eigenvalue weighted by Gasteiger charge is -2.13. The van der Waals surface area contributed by atoms with Gasteiger partial charge in [-0.3, -0.25) is 10.1 Å². The summed E-state index contributed by atoms with van der Waals surface area (Å²) < 4.78 is 2.24. The molecule has 6 nitrogen and oxygen atoms in total. The molecule has 23 heavy (non-hydrogen) atoms. The van der Waals surface area contributed by atoms with E-state index in [2.05, 4.69) is 43.5 Å². The maximum Gasteiger partial charge on any atom is 0.269 e. The highest BCUT2D eigenvalue weighted by Crippen LogP contribution is 2.19. The van der Waals surface area contributed by atoms with Gasteiger partial charge in [-0.2, -0.15) is 0 Å². The van der Waals surface area contributed by atoms with Crippen LogP contribution in [0, 0.1) is 24.0 Å². The summed E-state index contributed by atoms with van der Waals surface area (Å²) >= 11 is 0. The highest BCUT2D eigenvalue weighted by atomic mass is 16.6. The Morgan fingerprint density at radius 1 is 1.35 bits per heavy atom. The van der Waals surface area contributed by atoms with Gasteiger partial charge in [-0.15, -0.1) is 0 Å². The van der Waals surface area contributed by atoms with Crippen LogP contribution in [0.25, 0.3) is 0 Å². The fraction of sp³-hybridized carbons (Fsp3) is 0.353. The fourth-order valence-corrected chi connectivity index (χ4v) is 2.69. The van der Waals surface area contributed by atoms with Crippen LogP contribution in [0.2, 0.25) is 0 Å². The van der Waals surface area contributed by atoms with Gasteiger partial charge in [0.2, 0.25) is 0 Å². The summed E-state index contributed by atoms with van der Waals surface area (Å²) in [5.74, 6) is 0. The molecule has 0 aliphatic carbocycles. The summed E-state index contributed by atoms with van der Waals surface area (Å²) in [7, 11) is 0. The molecule has 1 aromatic heterocycles. The van der Waals surface area contributed by atoms with Crippen molar-refractivity contribution in [3.63, 3.8) is 0 Å². The Hall–Kier alpha value is -2.63. The lowest BCUT2D eigenvalue weighted by Crippen LogP contribution is -2.05. The molecule has 0 saturated carbocycles. The molecule has 1 aromatic carbocycles. The number of aryl methyl sites for hydroxylation is 1. The number of oxime groups is 1. The first-order valence-corrected chi connectivity index (χ1v) is 7.47. The summed E-state index contributed by atoms with van der Waals surface area (Å²) in [4.78, 5) is 15.6. The largest absolute Gasteiger partial charge is 0.391 e. The van der Waals surface area contributed by atoms with Gasteiger partial charge in [-0.05, 0) is 39.3 Å². The number of hydrogen-bond acceptors (Lipinski definition) is 4. The quantitative estimate of drug-likeness (QED) is 0.457. The van der Waals surface area contributed by atoms with Crippen molar-refractivity contribution in [2.75, 3.05) is 0 Å². The van der Waals surface area contributed by atoms with Gasteiger partial charge < -0.3 is 9.40 Å². The van der Waals surface area contributed by atoms with E-state index in [1.54, 1.807) is 18.3 Å². The molecule has 2 rings (SSSR count). The second-order valence-electron chi connectivity index (χ2n) is 5.73. The minimum absolute atomic E-state index is 0.0514. The van der Waals surface area contributed by atoms with Gasteiger partial charge in [-0.1, -0.05) is 17.3 Å². The summed E-state index contributed by atoms with van der Waals surface area (Å²) in [5, 5.41) is 14.7. The van der Waals surface area contributed by atoms with E-state index in [9.17, 15) is 10.1 Å². The number of nitro benzene ring substituents is 1. The molecule has 0 amide bonds. The Labute approximate surface area is 135 Å². The third kappa shape index (κ3) is 3.97. The Bertz CT molecular complexity index is 733. The smallest absolute Gasteiger partial charge is 0.269 e. The van der Waals surface area contributed by atoms with Crippen LogP contribution in [0.5, 0.6) is 0 Å². The second kappa shape index (κ2) is 7.09. The van der Waals surface area contributed by atoms with Crippen molar-refractivity contribution in [3.05, 3.63) is 63.0 Å². The molecule has 0 fully saturated rings. The molecule has 0 aliphatic rings. The number of non-ortho nitro benzene ring substituents is 1. The van der Waals surface area contributed by atoms with Crippen molar-refractivity contribution in [1.82, 2.24) is 4.57 Å². The third-order valence-electron chi connectivity index (χ3n) is 3.66. The van der Waals surface area contributed by atoms with Crippen LogP contribution in [0.15, 0.2) is 35.5 Å². The average molecular weight is 315 g/mol. The van der Waals surface area contributed by atoms with Crippen molar-refractivity contribution >= 4 is 11.9 Å². The zero-order valence-electron chi connectivity index (χ0n) is 13.8. The topological polar surface area (TPSA) is 69.7 Å². The van der Waals surface area contributed by atoms with Gasteiger partial charge >= 0.3 is 0 Å². The molecule has 0 unspecified atom stereocenters. The van der Waals surface area contributed by atoms with Gasteiger partial charge in [0.15, 0.2) is 0 Å². The van der Waals surface area contributed by atoms with Crippen molar-refractivity contribution in [2.45, 2.75) is 40.3 Å². The molecular weight excluding hydrogens is 294 g/mol. The normalized spacial score (nSPS) is 11.3. The molecule has 0 aliphatic heterocycles. The van der Waals surface area contributed by atoms with Crippen LogP contribution >= 0.6 is 0 Å². The molecular formula is C17H21N3O3. The standard InChI is InChI=1S/C17H21N3O3/c1-12(2)19-13(3)8-16(14(19)4)10-18-23-11-15-6-5-7-17(9-15)20(21)22/h5-10,12H,11H2,1-4H3/b18-10-. The van der Waals surface area contributed by atoms with Crippen LogP contribution in [0.4, 0.5) is 5.69 Å². The lowest BCUT2D eigenvalue weighted by molar-refractivity contribution is -0.384. The van der Waals surface area contributed by atoms with E-state index in [-0.39, 0.29) is 12.3 Å². The number of rotatable bonds is 6. The van der Waals surface area contributed by atoms with E-state index < -0.39 is 4.92 Å². The first-order valence-electron chi connectivity index (χ1n) is 7.47. The summed E-state index contributed by atoms with van der Waals surface area (Å²) in [6, 6.07) is 8.80. The van der Waals surface area contributed by atoms with Crippen molar-refractivity contribution < 1.29 is 9.76 Å². The maximum absolute atomic E-state index is 10.7. The average Bonchev–Trinajstić information content (AvgIpc) is 2.78. The molecule has 0 spiro atoms. The summed E-state index contributed by atoms with van der Waals surface area (Å²) in [5.41, 5.74) is 4.09. The minimum Gasteiger partial charge on any atom is -0.391 e. The Balaban J connectivity index is 2.02. The van der Waals surface area contributed by atoms with E-state index in [1.807, 2.05) is 0 Å². The van der Waals surface area contributed by atoms with Gasteiger partial charge in [0, 0.05) is 35.1 Å². The highest BCUT2D eigenvalue weighted by Gasteiger charge is 2.10. The molecule has 0 saturated heterocycles. The van der Waals surface area contributed by atoms with E-state index in [4.69, 9.17) is 4.84 Å². The molecule has 0 atom stereocenters. The fourth-order valence-electron chi connectivity index (χ4n) is 2.69. The van der Waals surface area contributed by atoms with Crippen molar-refractivity contribution in [3.8, 4) is 0 Å². The Morgan fingerprint density at radius 3 is 2.70 bits per heavy atom. The first kappa shape index (κ1) is 16.7. The Kier molecular flexibility index (Phi) is 5.16. The Morgan fingerprint density at radius 2 is 2.09 bits per heavy atom. The van der Waals surface area contributed by atoms with Crippen molar-refractivity contribution in [1.29, 1.82) is 0 Å². The van der Waals surface area contributed by atoms with Crippen molar-refractivity contribution in [2.24, 2.45) is 5.16 Å². The van der Waals surface area contributed by atoms with Gasteiger partial charge in [0.25, 0.3) is 5.69 Å². The zero-order chi connectivity index (χ0) is 17.0. The number of benzene rings is 1. The first-order chi connectivity index (χ1) is 10.9. The van der Waals surface area contributed by atoms with Gasteiger partial charge in [0.1, 0.15) is 6.61 Å². The van der Waals surface area contributed by atoms with Crippen LogP contribution < -0.4 is 0 Å². The van der Waals surface area contributed by atoms with Gasteiger partial charge in [-0.25, -0.2) is 0 Å². The van der Waals surface area contributed by atoms with E-state index in [0.29, 0.717) is 11.6 Å². The number of nitro groups is 1. The minimum atomic E-state index is -0.423. The SMILES string of the molecule is Cc1cc(/C=N\OCc2cccc([N+](=O)[O-])c2)c(C)n1C(C)C. The monoisotopic (exact) mass is 315 g/mol. The highest BCUT2D eigenvalue weighted by molar-refractivity contribution is 5.81. The third-order valence-corrected chi connectivity index (χ3v) is 3.66. The second-order valence-corrected chi connectivity index (χ2v) is 5.73. The van der Waals surface area contributed by atoms with E-state index in [0.717, 1.165) is 11.3 Å². The number of nitrogens with zero attached hydrogens (tertiary/aromatic N) is 3. The van der Waals surface area contributed by atoms with Crippen LogP contribution in [0.1, 0.15) is 42.4 Å². The van der Waals surface area contributed by atoms with Crippen LogP contribution in [-0.2, 0) is 11.4 Å². The molecule has 122 valence electrons. The summed E-state index contributed by atoms with van der Waals surface area (Å²) in [6.07, 6.45) is 1.68. The molecule has 2 aromatic rings. The predicted octanol–water partition coefficient (Wildman–Crippen LogP) is 4.14. The lowest BCUT2D eigenvalue weighted by atomic mass is 10.2. The molecule has 1 heterocycles. The molecule has 6 heteroatoms. The van der Waals surface area contributed by atoms with Gasteiger partial charge in [0.05, 0.1) is 11.1 Å². The molecule has 0 N–H and O–H groups in total.